The SMILES string of the molecule is CCOC(=O)/C=C/c1cccc2ncc(OC)nc12. The number of ether oxygens (including phenoxy) is 2. The Kier molecular flexibility index (Phi) is 4.07. The molecule has 2 aromatic rings. The van der Waals surface area contributed by atoms with Crippen LogP contribution < -0.4 is 4.74 Å². The molecule has 0 amide bonds. The molecule has 0 spiro atoms. The summed E-state index contributed by atoms with van der Waals surface area (Å²) in [6.45, 7) is 2.12. The smallest absolute Gasteiger partial charge is 0.330 e. The zero-order valence-corrected chi connectivity index (χ0v) is 10.8. The molecule has 2 rings (SSSR count). The lowest BCUT2D eigenvalue weighted by atomic mass is 10.1. The van der Waals surface area contributed by atoms with Crippen LogP contribution in [0.2, 0.25) is 0 Å². The Morgan fingerprint density at radius 3 is 3.00 bits per heavy atom. The van der Waals surface area contributed by atoms with E-state index < -0.39 is 0 Å². The van der Waals surface area contributed by atoms with Crippen LogP contribution in [0.1, 0.15) is 12.5 Å². The van der Waals surface area contributed by atoms with Crippen LogP contribution in [0.15, 0.2) is 30.5 Å². The maximum atomic E-state index is 11.3. The van der Waals surface area contributed by atoms with Gasteiger partial charge >= 0.3 is 5.97 Å². The second kappa shape index (κ2) is 5.95. The lowest BCUT2D eigenvalue weighted by Crippen LogP contribution is -1.99. The molecule has 0 fully saturated rings. The molecule has 0 atom stereocenters. The highest BCUT2D eigenvalue weighted by Crippen LogP contribution is 2.18. The topological polar surface area (TPSA) is 61.3 Å². The molecule has 0 N–H and O–H groups in total. The van der Waals surface area contributed by atoms with E-state index in [9.17, 15) is 4.79 Å². The zero-order valence-electron chi connectivity index (χ0n) is 10.8. The average molecular weight is 258 g/mol. The first-order chi connectivity index (χ1) is 9.24. The molecule has 1 aromatic carbocycles. The van der Waals surface area contributed by atoms with E-state index >= 15 is 0 Å². The number of fused-ring (bicyclic) bond motifs is 1. The molecule has 1 aromatic heterocycles. The van der Waals surface area contributed by atoms with Crippen LogP contribution in [0.5, 0.6) is 5.88 Å². The van der Waals surface area contributed by atoms with Crippen molar-refractivity contribution in [2.75, 3.05) is 13.7 Å². The van der Waals surface area contributed by atoms with Crippen LogP contribution in [0.25, 0.3) is 17.1 Å². The quantitative estimate of drug-likeness (QED) is 0.621. The molecule has 98 valence electrons. The zero-order chi connectivity index (χ0) is 13.7. The fourth-order valence-corrected chi connectivity index (χ4v) is 1.62. The monoisotopic (exact) mass is 258 g/mol. The van der Waals surface area contributed by atoms with Crippen molar-refractivity contribution in [3.63, 3.8) is 0 Å². The van der Waals surface area contributed by atoms with Crippen LogP contribution in [-0.2, 0) is 9.53 Å². The second-order valence-electron chi connectivity index (χ2n) is 3.71. The summed E-state index contributed by atoms with van der Waals surface area (Å²) in [7, 11) is 1.53. The highest BCUT2D eigenvalue weighted by Gasteiger charge is 2.04. The van der Waals surface area contributed by atoms with Crippen molar-refractivity contribution < 1.29 is 14.3 Å². The lowest BCUT2D eigenvalue weighted by molar-refractivity contribution is -0.137. The number of carbonyl (C=O) groups is 1. The summed E-state index contributed by atoms with van der Waals surface area (Å²) in [5, 5.41) is 0. The third-order valence-electron chi connectivity index (χ3n) is 2.48. The van der Waals surface area contributed by atoms with Crippen molar-refractivity contribution >= 4 is 23.1 Å². The highest BCUT2D eigenvalue weighted by molar-refractivity contribution is 5.91. The van der Waals surface area contributed by atoms with Gasteiger partial charge in [-0.2, -0.15) is 0 Å². The van der Waals surface area contributed by atoms with E-state index in [0.29, 0.717) is 18.0 Å². The van der Waals surface area contributed by atoms with Crippen molar-refractivity contribution in [3.8, 4) is 5.88 Å². The molecule has 19 heavy (non-hydrogen) atoms. The van der Waals surface area contributed by atoms with E-state index in [1.54, 1.807) is 19.2 Å². The number of carbonyl (C=O) groups excluding carboxylic acids is 1. The molecule has 0 unspecified atom stereocenters. The number of rotatable bonds is 4. The van der Waals surface area contributed by atoms with Gasteiger partial charge in [0.1, 0.15) is 0 Å². The highest BCUT2D eigenvalue weighted by atomic mass is 16.5. The van der Waals surface area contributed by atoms with Crippen LogP contribution in [0, 0.1) is 0 Å². The van der Waals surface area contributed by atoms with Crippen molar-refractivity contribution in [1.29, 1.82) is 0 Å². The fourth-order valence-electron chi connectivity index (χ4n) is 1.62. The number of methoxy groups -OCH3 is 1. The van der Waals surface area contributed by atoms with Gasteiger partial charge in [0.15, 0.2) is 0 Å². The number of benzene rings is 1. The third-order valence-corrected chi connectivity index (χ3v) is 2.48. The van der Waals surface area contributed by atoms with Crippen molar-refractivity contribution in [2.45, 2.75) is 6.92 Å². The van der Waals surface area contributed by atoms with Crippen molar-refractivity contribution in [2.24, 2.45) is 0 Å². The number of para-hydroxylation sites is 1. The minimum absolute atomic E-state index is 0.354. The van der Waals surface area contributed by atoms with Gasteiger partial charge in [0, 0.05) is 11.6 Å². The maximum Gasteiger partial charge on any atom is 0.330 e. The summed E-state index contributed by atoms with van der Waals surface area (Å²) in [6.07, 6.45) is 4.59. The van der Waals surface area contributed by atoms with Gasteiger partial charge in [-0.15, -0.1) is 0 Å². The number of esters is 1. The number of nitrogens with zero attached hydrogens (tertiary/aromatic N) is 2. The largest absolute Gasteiger partial charge is 0.480 e. The number of aromatic nitrogens is 2. The summed E-state index contributed by atoms with van der Waals surface area (Å²) < 4.78 is 9.89. The molecule has 5 nitrogen and oxygen atoms in total. The van der Waals surface area contributed by atoms with Gasteiger partial charge in [-0.3, -0.25) is 0 Å². The van der Waals surface area contributed by atoms with Crippen molar-refractivity contribution in [3.05, 3.63) is 36.0 Å². The molecule has 1 heterocycles. The van der Waals surface area contributed by atoms with Crippen LogP contribution in [0.3, 0.4) is 0 Å². The standard InChI is InChI=1S/C14H14N2O3/c1-3-19-13(17)8-7-10-5-4-6-11-14(10)16-12(18-2)9-15-11/h4-9H,3H2,1-2H3/b8-7+. The first kappa shape index (κ1) is 13.0. The number of hydrogen-bond donors (Lipinski definition) is 0. The van der Waals surface area contributed by atoms with Gasteiger partial charge in [-0.1, -0.05) is 12.1 Å². The summed E-state index contributed by atoms with van der Waals surface area (Å²) in [6, 6.07) is 5.56. The summed E-state index contributed by atoms with van der Waals surface area (Å²) in [4.78, 5) is 19.9. The van der Waals surface area contributed by atoms with E-state index in [1.165, 1.54) is 13.2 Å². The van der Waals surface area contributed by atoms with Crippen molar-refractivity contribution in [1.82, 2.24) is 9.97 Å². The Bertz CT molecular complexity index is 623. The summed E-state index contributed by atoms with van der Waals surface area (Å²) in [5.74, 6) is 0.0554. The Labute approximate surface area is 110 Å². The molecule has 5 heteroatoms. The molecule has 0 saturated carbocycles. The van der Waals surface area contributed by atoms with Gasteiger partial charge in [-0.05, 0) is 19.1 Å². The first-order valence-electron chi connectivity index (χ1n) is 5.89. The minimum atomic E-state index is -0.379. The van der Waals surface area contributed by atoms with Crippen LogP contribution >= 0.6 is 0 Å². The molecule has 0 aliphatic carbocycles. The predicted octanol–water partition coefficient (Wildman–Crippen LogP) is 2.21. The summed E-state index contributed by atoms with van der Waals surface area (Å²) in [5.41, 5.74) is 2.21. The lowest BCUT2D eigenvalue weighted by Gasteiger charge is -2.03. The predicted molar refractivity (Wildman–Crippen MR) is 71.8 cm³/mol. The Morgan fingerprint density at radius 1 is 1.42 bits per heavy atom. The Morgan fingerprint density at radius 2 is 2.26 bits per heavy atom. The van der Waals surface area contributed by atoms with Gasteiger partial charge < -0.3 is 9.47 Å². The molecular weight excluding hydrogens is 244 g/mol. The molecule has 0 aliphatic heterocycles. The molecule has 0 saturated heterocycles. The van der Waals surface area contributed by atoms with E-state index in [-0.39, 0.29) is 5.97 Å². The van der Waals surface area contributed by atoms with E-state index in [1.807, 2.05) is 18.2 Å². The average Bonchev–Trinajstić information content (AvgIpc) is 2.44. The van der Waals surface area contributed by atoms with Crippen LogP contribution in [0.4, 0.5) is 0 Å². The summed E-state index contributed by atoms with van der Waals surface area (Å²) >= 11 is 0. The Hall–Kier alpha value is -2.43. The van der Waals surface area contributed by atoms with E-state index in [4.69, 9.17) is 9.47 Å². The minimum Gasteiger partial charge on any atom is -0.480 e. The first-order valence-corrected chi connectivity index (χ1v) is 5.89. The van der Waals surface area contributed by atoms with Crippen LogP contribution in [-0.4, -0.2) is 29.7 Å². The Balaban J connectivity index is 2.39. The van der Waals surface area contributed by atoms with Gasteiger partial charge in [0.25, 0.3) is 0 Å². The van der Waals surface area contributed by atoms with E-state index in [2.05, 4.69) is 9.97 Å². The second-order valence-corrected chi connectivity index (χ2v) is 3.71. The van der Waals surface area contributed by atoms with Gasteiger partial charge in [-0.25, -0.2) is 14.8 Å². The number of hydrogen-bond acceptors (Lipinski definition) is 5. The molecule has 0 aliphatic rings. The maximum absolute atomic E-state index is 11.3. The fraction of sp³-hybridized carbons (Fsp3) is 0.214. The molecule has 0 bridgehead atoms. The van der Waals surface area contributed by atoms with Gasteiger partial charge in [0.05, 0.1) is 30.9 Å². The third kappa shape index (κ3) is 3.07. The normalized spacial score (nSPS) is 10.8. The van der Waals surface area contributed by atoms with Gasteiger partial charge in [0.2, 0.25) is 5.88 Å². The molecule has 0 radical (unpaired) electrons. The molecular formula is C14H14N2O3. The van der Waals surface area contributed by atoms with E-state index in [0.717, 1.165) is 11.1 Å².